The highest BCUT2D eigenvalue weighted by atomic mass is 35.5. The fourth-order valence-electron chi connectivity index (χ4n) is 4.27. The summed E-state index contributed by atoms with van der Waals surface area (Å²) in [7, 11) is 1.68. The van der Waals surface area contributed by atoms with Crippen LogP contribution in [0.4, 0.5) is 17.2 Å². The van der Waals surface area contributed by atoms with Crippen LogP contribution < -0.4 is 15.0 Å². The molecule has 0 radical (unpaired) electrons. The molecule has 0 unspecified atom stereocenters. The highest BCUT2D eigenvalue weighted by Gasteiger charge is 2.18. The van der Waals surface area contributed by atoms with Gasteiger partial charge >= 0.3 is 0 Å². The second kappa shape index (κ2) is 8.51. The number of imidazole rings is 1. The lowest BCUT2D eigenvalue weighted by Crippen LogP contribution is -2.36. The average molecular weight is 476 g/mol. The summed E-state index contributed by atoms with van der Waals surface area (Å²) in [6.45, 7) is 3.09. The van der Waals surface area contributed by atoms with Crippen LogP contribution in [0.3, 0.4) is 0 Å². The second-order valence-corrected chi connectivity index (χ2v) is 8.36. The Morgan fingerprint density at radius 1 is 1.15 bits per heavy atom. The normalized spacial score (nSPS) is 14.1. The van der Waals surface area contributed by atoms with Crippen LogP contribution >= 0.6 is 11.6 Å². The van der Waals surface area contributed by atoms with Crippen molar-refractivity contribution in [2.45, 2.75) is 0 Å². The Bertz CT molecular complexity index is 1490. The molecule has 9 nitrogen and oxygen atoms in total. The van der Waals surface area contributed by atoms with Crippen LogP contribution in [-0.2, 0) is 4.74 Å². The predicted molar refractivity (Wildman–Crippen MR) is 132 cm³/mol. The molecule has 6 rings (SSSR count). The Morgan fingerprint density at radius 2 is 2.03 bits per heavy atom. The van der Waals surface area contributed by atoms with Crippen LogP contribution in [0.1, 0.15) is 0 Å². The molecule has 34 heavy (non-hydrogen) atoms. The summed E-state index contributed by atoms with van der Waals surface area (Å²) in [5.41, 5.74) is 4.94. The number of aromatic amines is 1. The standard InChI is InChI=1S/C24H22ClN7O2/c1-33-20-13-17(4-5-19(20)31-8-10-34-11-9-31)28-23-24-26-6-7-32(24)22(25)21(29-23)15-2-3-16-14-27-30-18(16)12-15/h2-7,12-14H,8-11H2,1H3,(H,27,30)(H,28,29). The van der Waals surface area contributed by atoms with Crippen molar-refractivity contribution in [3.8, 4) is 17.0 Å². The van der Waals surface area contributed by atoms with Crippen LogP contribution in [-0.4, -0.2) is 58.0 Å². The van der Waals surface area contributed by atoms with E-state index in [1.807, 2.05) is 40.9 Å². The summed E-state index contributed by atoms with van der Waals surface area (Å²) in [6, 6.07) is 12.0. The maximum atomic E-state index is 6.74. The molecular formula is C24H22ClN7O2. The van der Waals surface area contributed by atoms with Crippen molar-refractivity contribution in [3.63, 3.8) is 0 Å². The summed E-state index contributed by atoms with van der Waals surface area (Å²) >= 11 is 6.74. The van der Waals surface area contributed by atoms with Gasteiger partial charge in [0.1, 0.15) is 16.6 Å². The molecule has 4 heterocycles. The van der Waals surface area contributed by atoms with Gasteiger partial charge in [0.2, 0.25) is 0 Å². The molecule has 1 saturated heterocycles. The third-order valence-electron chi connectivity index (χ3n) is 5.99. The molecule has 3 aromatic heterocycles. The van der Waals surface area contributed by atoms with Crippen LogP contribution in [0.2, 0.25) is 5.15 Å². The van der Waals surface area contributed by atoms with Gasteiger partial charge in [-0.15, -0.1) is 0 Å². The molecule has 5 aromatic rings. The van der Waals surface area contributed by atoms with Gasteiger partial charge in [0, 0.05) is 48.2 Å². The fourth-order valence-corrected chi connectivity index (χ4v) is 4.56. The zero-order valence-corrected chi connectivity index (χ0v) is 19.2. The molecule has 1 aliphatic rings. The van der Waals surface area contributed by atoms with E-state index in [1.54, 1.807) is 19.5 Å². The van der Waals surface area contributed by atoms with Gasteiger partial charge < -0.3 is 19.7 Å². The van der Waals surface area contributed by atoms with E-state index in [9.17, 15) is 0 Å². The number of anilines is 3. The van der Waals surface area contributed by atoms with E-state index in [0.717, 1.165) is 46.7 Å². The molecule has 0 atom stereocenters. The van der Waals surface area contributed by atoms with Crippen LogP contribution in [0.25, 0.3) is 27.8 Å². The van der Waals surface area contributed by atoms with E-state index < -0.39 is 0 Å². The molecule has 0 bridgehead atoms. The lowest BCUT2D eigenvalue weighted by Gasteiger charge is -2.30. The van der Waals surface area contributed by atoms with E-state index in [1.165, 1.54) is 0 Å². The van der Waals surface area contributed by atoms with E-state index in [4.69, 9.17) is 26.1 Å². The monoisotopic (exact) mass is 475 g/mol. The van der Waals surface area contributed by atoms with Crippen molar-refractivity contribution in [2.24, 2.45) is 0 Å². The Balaban J connectivity index is 1.40. The van der Waals surface area contributed by atoms with E-state index in [0.29, 0.717) is 35.5 Å². The number of nitrogens with zero attached hydrogens (tertiary/aromatic N) is 5. The molecule has 0 saturated carbocycles. The van der Waals surface area contributed by atoms with Crippen molar-refractivity contribution < 1.29 is 9.47 Å². The first-order chi connectivity index (χ1) is 16.7. The van der Waals surface area contributed by atoms with E-state index >= 15 is 0 Å². The van der Waals surface area contributed by atoms with Gasteiger partial charge in [0.15, 0.2) is 11.5 Å². The maximum Gasteiger partial charge on any atom is 0.181 e. The van der Waals surface area contributed by atoms with Gasteiger partial charge in [0.05, 0.1) is 37.7 Å². The SMILES string of the molecule is COc1cc(Nc2nc(-c3ccc4cn[nH]c4c3)c(Cl)n3ccnc23)ccc1N1CCOCC1. The summed E-state index contributed by atoms with van der Waals surface area (Å²) in [4.78, 5) is 11.6. The lowest BCUT2D eigenvalue weighted by atomic mass is 10.1. The van der Waals surface area contributed by atoms with Crippen LogP contribution in [0, 0.1) is 0 Å². The first-order valence-electron chi connectivity index (χ1n) is 10.9. The average Bonchev–Trinajstić information content (AvgIpc) is 3.56. The molecule has 0 amide bonds. The van der Waals surface area contributed by atoms with Crippen molar-refractivity contribution >= 4 is 45.3 Å². The largest absolute Gasteiger partial charge is 0.495 e. The van der Waals surface area contributed by atoms with Crippen molar-refractivity contribution in [1.82, 2.24) is 24.6 Å². The minimum absolute atomic E-state index is 0.483. The quantitative estimate of drug-likeness (QED) is 0.386. The molecular weight excluding hydrogens is 454 g/mol. The highest BCUT2D eigenvalue weighted by Crippen LogP contribution is 2.35. The second-order valence-electron chi connectivity index (χ2n) is 8.00. The van der Waals surface area contributed by atoms with Gasteiger partial charge in [-0.1, -0.05) is 23.7 Å². The summed E-state index contributed by atoms with van der Waals surface area (Å²) in [5, 5.41) is 12.0. The Hall–Kier alpha value is -3.82. The molecule has 2 aromatic carbocycles. The summed E-state index contributed by atoms with van der Waals surface area (Å²) in [6.07, 6.45) is 5.32. The number of halogens is 1. The van der Waals surface area contributed by atoms with Gasteiger partial charge in [0.25, 0.3) is 0 Å². The number of morpholine rings is 1. The fraction of sp³-hybridized carbons (Fsp3) is 0.208. The van der Waals surface area contributed by atoms with Gasteiger partial charge in [-0.05, 0) is 18.2 Å². The van der Waals surface area contributed by atoms with Gasteiger partial charge in [-0.3, -0.25) is 9.50 Å². The molecule has 2 N–H and O–H groups in total. The predicted octanol–water partition coefficient (Wildman–Crippen LogP) is 4.51. The van der Waals surface area contributed by atoms with Crippen molar-refractivity contribution in [3.05, 3.63) is 60.1 Å². The minimum Gasteiger partial charge on any atom is -0.495 e. The number of benzene rings is 2. The third-order valence-corrected chi connectivity index (χ3v) is 6.35. The Labute approximate surface area is 200 Å². The number of methoxy groups -OCH3 is 1. The number of hydrogen-bond acceptors (Lipinski definition) is 7. The third kappa shape index (κ3) is 3.59. The van der Waals surface area contributed by atoms with Crippen molar-refractivity contribution in [1.29, 1.82) is 0 Å². The zero-order valence-electron chi connectivity index (χ0n) is 18.5. The minimum atomic E-state index is 0.483. The number of ether oxygens (including phenoxy) is 2. The molecule has 1 aliphatic heterocycles. The number of nitrogens with one attached hydrogen (secondary N) is 2. The summed E-state index contributed by atoms with van der Waals surface area (Å²) < 4.78 is 13.0. The highest BCUT2D eigenvalue weighted by molar-refractivity contribution is 6.32. The number of H-pyrrole nitrogens is 1. The van der Waals surface area contributed by atoms with E-state index in [-0.39, 0.29) is 0 Å². The first kappa shape index (κ1) is 20.8. The molecule has 0 aliphatic carbocycles. The first-order valence-corrected chi connectivity index (χ1v) is 11.3. The number of fused-ring (bicyclic) bond motifs is 2. The smallest absolute Gasteiger partial charge is 0.181 e. The number of rotatable bonds is 5. The summed E-state index contributed by atoms with van der Waals surface area (Å²) in [5.74, 6) is 1.38. The van der Waals surface area contributed by atoms with Crippen molar-refractivity contribution in [2.75, 3.05) is 43.6 Å². The Morgan fingerprint density at radius 3 is 2.88 bits per heavy atom. The number of aromatic nitrogens is 5. The van der Waals surface area contributed by atoms with Crippen LogP contribution in [0.15, 0.2) is 55.0 Å². The lowest BCUT2D eigenvalue weighted by molar-refractivity contribution is 0.122. The van der Waals surface area contributed by atoms with E-state index in [2.05, 4.69) is 31.5 Å². The Kier molecular flexibility index (Phi) is 5.20. The number of hydrogen-bond donors (Lipinski definition) is 2. The topological polar surface area (TPSA) is 92.6 Å². The van der Waals surface area contributed by atoms with Gasteiger partial charge in [-0.25, -0.2) is 9.97 Å². The molecule has 10 heteroatoms. The zero-order chi connectivity index (χ0) is 23.1. The van der Waals surface area contributed by atoms with Gasteiger partial charge in [-0.2, -0.15) is 5.10 Å². The van der Waals surface area contributed by atoms with Crippen LogP contribution in [0.5, 0.6) is 5.75 Å². The molecule has 172 valence electrons. The molecule has 0 spiro atoms. The molecule has 1 fully saturated rings. The maximum absolute atomic E-state index is 6.74.